The lowest BCUT2D eigenvalue weighted by Crippen LogP contribution is -2.34. The minimum absolute atomic E-state index is 0.0434. The van der Waals surface area contributed by atoms with Crippen LogP contribution in [-0.2, 0) is 16.1 Å². The van der Waals surface area contributed by atoms with Crippen molar-refractivity contribution in [1.82, 2.24) is 5.32 Å². The van der Waals surface area contributed by atoms with E-state index in [1.807, 2.05) is 30.3 Å². The van der Waals surface area contributed by atoms with Crippen molar-refractivity contribution in [2.24, 2.45) is 0 Å². The molecule has 1 fully saturated rings. The van der Waals surface area contributed by atoms with E-state index in [4.69, 9.17) is 23.4 Å². The van der Waals surface area contributed by atoms with Gasteiger partial charge in [0.2, 0.25) is 0 Å². The molecule has 1 aromatic heterocycles. The lowest BCUT2D eigenvalue weighted by atomic mass is 10.1. The molecule has 1 atom stereocenters. The zero-order valence-corrected chi connectivity index (χ0v) is 22.5. The van der Waals surface area contributed by atoms with Crippen LogP contribution in [0.5, 0.6) is 17.2 Å². The van der Waals surface area contributed by atoms with E-state index in [1.165, 1.54) is 18.2 Å². The Balaban J connectivity index is 1.20. The van der Waals surface area contributed by atoms with Crippen LogP contribution < -0.4 is 25.2 Å². The van der Waals surface area contributed by atoms with Crippen molar-refractivity contribution in [1.29, 1.82) is 0 Å². The topological polar surface area (TPSA) is 113 Å². The third-order valence-corrected chi connectivity index (χ3v) is 6.52. The van der Waals surface area contributed by atoms with Crippen molar-refractivity contribution in [2.75, 3.05) is 20.3 Å². The summed E-state index contributed by atoms with van der Waals surface area (Å²) in [6.45, 7) is 1.40. The number of hydrogen-bond acceptors (Lipinski definition) is 8. The van der Waals surface area contributed by atoms with Crippen molar-refractivity contribution >= 4 is 28.9 Å². The molecule has 1 saturated heterocycles. The molecule has 0 radical (unpaired) electrons. The van der Waals surface area contributed by atoms with Crippen molar-refractivity contribution < 1.29 is 33.0 Å². The average molecular weight is 556 g/mol. The Morgan fingerprint density at radius 3 is 2.66 bits per heavy atom. The van der Waals surface area contributed by atoms with Gasteiger partial charge in [-0.15, -0.1) is 0 Å². The molecule has 9 nitrogen and oxygen atoms in total. The fourth-order valence-corrected chi connectivity index (χ4v) is 4.38. The zero-order chi connectivity index (χ0) is 28.6. The van der Waals surface area contributed by atoms with Gasteiger partial charge >= 0.3 is 11.6 Å². The normalized spacial score (nSPS) is 14.7. The summed E-state index contributed by atoms with van der Waals surface area (Å²) in [6.07, 6.45) is 4.65. The molecule has 4 aromatic rings. The van der Waals surface area contributed by atoms with Gasteiger partial charge in [-0.3, -0.25) is 4.79 Å². The minimum Gasteiger partial charge on any atom is -0.493 e. The number of amides is 1. The van der Waals surface area contributed by atoms with Gasteiger partial charge in [0.25, 0.3) is 5.91 Å². The maximum Gasteiger partial charge on any atom is 0.349 e. The van der Waals surface area contributed by atoms with Crippen LogP contribution >= 0.6 is 0 Å². The van der Waals surface area contributed by atoms with Gasteiger partial charge in [0.1, 0.15) is 23.5 Å². The quantitative estimate of drug-likeness (QED) is 0.127. The molecule has 5 rings (SSSR count). The molecule has 0 spiro atoms. The van der Waals surface area contributed by atoms with E-state index in [0.717, 1.165) is 18.4 Å². The first-order chi connectivity index (χ1) is 20.0. The van der Waals surface area contributed by atoms with Crippen LogP contribution in [0.25, 0.3) is 17.0 Å². The van der Waals surface area contributed by atoms with Gasteiger partial charge in [-0.05, 0) is 60.4 Å². The molecule has 1 unspecified atom stereocenters. The smallest absolute Gasteiger partial charge is 0.349 e. The van der Waals surface area contributed by atoms with Gasteiger partial charge < -0.3 is 28.7 Å². The molecular formula is C32H29NO8. The molecule has 210 valence electrons. The third-order valence-electron chi connectivity index (χ3n) is 6.52. The number of ether oxygens (including phenoxy) is 4. The van der Waals surface area contributed by atoms with Crippen molar-refractivity contribution in [3.05, 3.63) is 106 Å². The summed E-state index contributed by atoms with van der Waals surface area (Å²) < 4.78 is 27.5. The Morgan fingerprint density at radius 1 is 1.02 bits per heavy atom. The van der Waals surface area contributed by atoms with Gasteiger partial charge in [-0.2, -0.15) is 0 Å². The van der Waals surface area contributed by atoms with Gasteiger partial charge in [-0.25, -0.2) is 9.59 Å². The van der Waals surface area contributed by atoms with Crippen molar-refractivity contribution in [3.63, 3.8) is 0 Å². The summed E-state index contributed by atoms with van der Waals surface area (Å²) in [5.74, 6) is 0.149. The first kappa shape index (κ1) is 27.7. The second-order valence-electron chi connectivity index (χ2n) is 9.43. The first-order valence-electron chi connectivity index (χ1n) is 13.2. The van der Waals surface area contributed by atoms with E-state index in [-0.39, 0.29) is 23.0 Å². The Morgan fingerprint density at radius 2 is 1.88 bits per heavy atom. The average Bonchev–Trinajstić information content (AvgIpc) is 3.52. The summed E-state index contributed by atoms with van der Waals surface area (Å²) in [4.78, 5) is 37.4. The Labute approximate surface area is 236 Å². The van der Waals surface area contributed by atoms with Crippen molar-refractivity contribution in [3.8, 4) is 17.2 Å². The summed E-state index contributed by atoms with van der Waals surface area (Å²) in [6, 6.07) is 21.2. The van der Waals surface area contributed by atoms with Crippen LogP contribution in [0.15, 0.2) is 88.1 Å². The van der Waals surface area contributed by atoms with E-state index in [1.54, 1.807) is 43.5 Å². The minimum atomic E-state index is -0.782. The highest BCUT2D eigenvalue weighted by Gasteiger charge is 2.19. The molecule has 9 heteroatoms. The van der Waals surface area contributed by atoms with Crippen LogP contribution in [0, 0.1) is 0 Å². The van der Waals surface area contributed by atoms with Gasteiger partial charge in [0.05, 0.1) is 13.2 Å². The van der Waals surface area contributed by atoms with Crippen LogP contribution in [-0.4, -0.2) is 38.2 Å². The molecule has 3 aromatic carbocycles. The highest BCUT2D eigenvalue weighted by Crippen LogP contribution is 2.29. The van der Waals surface area contributed by atoms with Crippen LogP contribution in [0.1, 0.15) is 34.3 Å². The largest absolute Gasteiger partial charge is 0.493 e. The van der Waals surface area contributed by atoms with E-state index in [2.05, 4.69) is 5.32 Å². The van der Waals surface area contributed by atoms with Crippen LogP contribution in [0.2, 0.25) is 0 Å². The first-order valence-corrected chi connectivity index (χ1v) is 13.2. The third kappa shape index (κ3) is 7.20. The highest BCUT2D eigenvalue weighted by molar-refractivity contribution is 5.97. The predicted molar refractivity (Wildman–Crippen MR) is 152 cm³/mol. The molecule has 1 amide bonds. The maximum absolute atomic E-state index is 12.5. The Kier molecular flexibility index (Phi) is 8.76. The number of nitrogens with one attached hydrogen (secondary N) is 1. The molecule has 1 aliphatic rings. The van der Waals surface area contributed by atoms with E-state index < -0.39 is 17.5 Å². The lowest BCUT2D eigenvalue weighted by Gasteiger charge is -2.11. The molecule has 1 N–H and O–H groups in total. The number of rotatable bonds is 10. The molecule has 0 aliphatic carbocycles. The highest BCUT2D eigenvalue weighted by atomic mass is 16.5. The zero-order valence-electron chi connectivity index (χ0n) is 22.5. The monoisotopic (exact) mass is 555 g/mol. The van der Waals surface area contributed by atoms with E-state index in [9.17, 15) is 14.4 Å². The number of esters is 1. The maximum atomic E-state index is 12.5. The van der Waals surface area contributed by atoms with Crippen LogP contribution in [0.4, 0.5) is 0 Å². The lowest BCUT2D eigenvalue weighted by molar-refractivity contribution is -0.128. The molecule has 1 aliphatic heterocycles. The fourth-order valence-electron chi connectivity index (χ4n) is 4.38. The predicted octanol–water partition coefficient (Wildman–Crippen LogP) is 4.91. The summed E-state index contributed by atoms with van der Waals surface area (Å²) in [7, 11) is 1.55. The second-order valence-corrected chi connectivity index (χ2v) is 9.43. The number of methoxy groups -OCH3 is 1. The SMILES string of the molecule is COc1cc(/C=C/C(=O)Oc2ccc3cc(C(=O)NCC4CCCO4)c(=O)oc3c2)ccc1OCc1ccccc1. The van der Waals surface area contributed by atoms with E-state index >= 15 is 0 Å². The number of fused-ring (bicyclic) bond motifs is 1. The van der Waals surface area contributed by atoms with Crippen LogP contribution in [0.3, 0.4) is 0 Å². The Hall–Kier alpha value is -4.89. The number of carbonyl (C=O) groups excluding carboxylic acids is 2. The standard InChI is InChI=1S/C32H29NO8/c1-37-29-16-21(9-13-27(29)39-20-22-6-3-2-4-7-22)10-14-30(34)40-24-12-11-23-17-26(32(36)41-28(23)18-24)31(35)33-19-25-8-5-15-38-25/h2-4,6-7,9-14,16-18,25H,5,8,15,19-20H2,1H3,(H,33,35)/b14-10+. The van der Waals surface area contributed by atoms with Gasteiger partial charge in [-0.1, -0.05) is 36.4 Å². The fraction of sp³-hybridized carbons (Fsp3) is 0.219. The summed E-state index contributed by atoms with van der Waals surface area (Å²) in [5.41, 5.74) is 1.05. The Bertz CT molecular complexity index is 1620. The number of benzene rings is 3. The molecule has 0 bridgehead atoms. The van der Waals surface area contributed by atoms with Gasteiger partial charge in [0.15, 0.2) is 11.5 Å². The number of carbonyl (C=O) groups is 2. The van der Waals surface area contributed by atoms with E-state index in [0.29, 0.717) is 42.2 Å². The summed E-state index contributed by atoms with van der Waals surface area (Å²) >= 11 is 0. The summed E-state index contributed by atoms with van der Waals surface area (Å²) in [5, 5.41) is 3.24. The molecular weight excluding hydrogens is 526 g/mol. The second kappa shape index (κ2) is 13.0. The molecule has 2 heterocycles. The van der Waals surface area contributed by atoms with Crippen molar-refractivity contribution in [2.45, 2.75) is 25.6 Å². The van der Waals surface area contributed by atoms with Gasteiger partial charge in [0, 0.05) is 30.7 Å². The molecule has 0 saturated carbocycles. The molecule has 41 heavy (non-hydrogen) atoms. The number of hydrogen-bond donors (Lipinski definition) is 1.